The van der Waals surface area contributed by atoms with Gasteiger partial charge in [-0.05, 0) is 48.7 Å². The third-order valence-corrected chi connectivity index (χ3v) is 2.61. The Hall–Kier alpha value is -1.81. The zero-order valence-corrected chi connectivity index (χ0v) is 8.76. The Morgan fingerprint density at radius 1 is 1.00 bits per heavy atom. The number of hydrogen-bond donors (Lipinski definition) is 0. The van der Waals surface area contributed by atoms with Gasteiger partial charge in [0.1, 0.15) is 0 Å². The molecule has 0 unspecified atom stereocenters. The van der Waals surface area contributed by atoms with Gasteiger partial charge in [-0.1, -0.05) is 24.3 Å². The van der Waals surface area contributed by atoms with Crippen LogP contribution in [0.5, 0.6) is 0 Å². The summed E-state index contributed by atoms with van der Waals surface area (Å²) >= 11 is 0. The van der Waals surface area contributed by atoms with Gasteiger partial charge in [-0.3, -0.25) is 0 Å². The highest BCUT2D eigenvalue weighted by atomic mass is 19.1. The molecule has 2 rings (SSSR count). The Labute approximate surface area is 89.4 Å². The van der Waals surface area contributed by atoms with Gasteiger partial charge in [-0.2, -0.15) is 4.39 Å². The molecular formula is C14H11F. The average Bonchev–Trinajstić information content (AvgIpc) is 2.24. The van der Waals surface area contributed by atoms with Crippen molar-refractivity contribution in [3.05, 3.63) is 59.4 Å². The van der Waals surface area contributed by atoms with E-state index in [0.29, 0.717) is 0 Å². The molecule has 74 valence electrons. The highest BCUT2D eigenvalue weighted by Crippen LogP contribution is 2.23. The first kappa shape index (κ1) is 9.73. The van der Waals surface area contributed by atoms with Crippen LogP contribution in [0.2, 0.25) is 0 Å². The third-order valence-electron chi connectivity index (χ3n) is 2.61. The van der Waals surface area contributed by atoms with Gasteiger partial charge in [0.25, 0.3) is 0 Å². The second-order valence-corrected chi connectivity index (χ2v) is 3.59. The summed E-state index contributed by atoms with van der Waals surface area (Å²) in [7, 11) is 0. The van der Waals surface area contributed by atoms with E-state index in [1.54, 1.807) is 6.07 Å². The smallest absolute Gasteiger partial charge is 0.173 e. The minimum absolute atomic E-state index is 0.371. The SMILES string of the molecule is Cc1cccc(-c2c#cc(F)cc2)c1C. The lowest BCUT2D eigenvalue weighted by molar-refractivity contribution is 0.629. The summed E-state index contributed by atoms with van der Waals surface area (Å²) in [4.78, 5) is 0. The van der Waals surface area contributed by atoms with Crippen molar-refractivity contribution < 1.29 is 4.39 Å². The Morgan fingerprint density at radius 2 is 1.80 bits per heavy atom. The van der Waals surface area contributed by atoms with Gasteiger partial charge in [-0.25, -0.2) is 0 Å². The molecule has 0 aliphatic heterocycles. The lowest BCUT2D eigenvalue weighted by Crippen LogP contribution is -1.86. The molecule has 0 saturated carbocycles. The summed E-state index contributed by atoms with van der Waals surface area (Å²) in [6.07, 6.45) is 0. The molecule has 0 N–H and O–H groups in total. The third kappa shape index (κ3) is 1.85. The maximum absolute atomic E-state index is 12.7. The van der Waals surface area contributed by atoms with Crippen LogP contribution in [0.25, 0.3) is 11.1 Å². The summed E-state index contributed by atoms with van der Waals surface area (Å²) in [6.45, 7) is 4.12. The zero-order valence-electron chi connectivity index (χ0n) is 8.76. The Bertz CT molecular complexity index is 469. The first-order valence-corrected chi connectivity index (χ1v) is 4.84. The topological polar surface area (TPSA) is 0 Å². The zero-order chi connectivity index (χ0) is 10.8. The number of hydrogen-bond acceptors (Lipinski definition) is 0. The fourth-order valence-electron chi connectivity index (χ4n) is 1.57. The number of benzene rings is 1. The van der Waals surface area contributed by atoms with Crippen LogP contribution in [0.4, 0.5) is 4.39 Å². The van der Waals surface area contributed by atoms with Gasteiger partial charge in [0.2, 0.25) is 0 Å². The van der Waals surface area contributed by atoms with Gasteiger partial charge in [0.05, 0.1) is 0 Å². The molecule has 2 aromatic carbocycles. The molecule has 0 fully saturated rings. The van der Waals surface area contributed by atoms with E-state index < -0.39 is 0 Å². The monoisotopic (exact) mass is 198 g/mol. The van der Waals surface area contributed by atoms with Crippen molar-refractivity contribution in [3.8, 4) is 11.1 Å². The Morgan fingerprint density at radius 3 is 2.47 bits per heavy atom. The molecule has 0 radical (unpaired) electrons. The molecule has 0 spiro atoms. The van der Waals surface area contributed by atoms with E-state index in [2.05, 4.69) is 32.0 Å². The molecule has 0 heterocycles. The molecule has 0 aliphatic rings. The fourth-order valence-corrected chi connectivity index (χ4v) is 1.57. The Balaban J connectivity index is 2.54. The number of aryl methyl sites for hydroxylation is 1. The van der Waals surface area contributed by atoms with Crippen LogP contribution in [0.15, 0.2) is 30.3 Å². The summed E-state index contributed by atoms with van der Waals surface area (Å²) in [5.74, 6) is -0.371. The summed E-state index contributed by atoms with van der Waals surface area (Å²) < 4.78 is 12.7. The highest BCUT2D eigenvalue weighted by molar-refractivity contribution is 5.66. The van der Waals surface area contributed by atoms with Crippen molar-refractivity contribution >= 4 is 0 Å². The molecule has 0 bridgehead atoms. The van der Waals surface area contributed by atoms with Gasteiger partial charge in [-0.15, -0.1) is 0 Å². The Kier molecular flexibility index (Phi) is 2.43. The van der Waals surface area contributed by atoms with E-state index in [-0.39, 0.29) is 5.82 Å². The quantitative estimate of drug-likeness (QED) is 0.655. The van der Waals surface area contributed by atoms with Crippen LogP contribution >= 0.6 is 0 Å². The van der Waals surface area contributed by atoms with Crippen LogP contribution in [-0.4, -0.2) is 0 Å². The predicted octanol–water partition coefficient (Wildman–Crippen LogP) is 3.71. The predicted molar refractivity (Wildman–Crippen MR) is 59.0 cm³/mol. The molecule has 0 aliphatic carbocycles. The first-order valence-electron chi connectivity index (χ1n) is 4.84. The van der Waals surface area contributed by atoms with E-state index in [0.717, 1.165) is 11.1 Å². The van der Waals surface area contributed by atoms with E-state index in [9.17, 15) is 4.39 Å². The lowest BCUT2D eigenvalue weighted by Gasteiger charge is -2.06. The van der Waals surface area contributed by atoms with Crippen LogP contribution in [0, 0.1) is 31.8 Å². The molecule has 0 amide bonds. The second-order valence-electron chi connectivity index (χ2n) is 3.59. The van der Waals surface area contributed by atoms with Crippen molar-refractivity contribution in [3.63, 3.8) is 0 Å². The molecular weight excluding hydrogens is 187 g/mol. The minimum Gasteiger partial charge on any atom is -0.197 e. The molecule has 0 saturated heterocycles. The van der Waals surface area contributed by atoms with Gasteiger partial charge in [0, 0.05) is 5.56 Å². The van der Waals surface area contributed by atoms with E-state index >= 15 is 0 Å². The molecule has 0 aromatic heterocycles. The van der Waals surface area contributed by atoms with Crippen molar-refractivity contribution in [2.45, 2.75) is 13.8 Å². The molecule has 0 atom stereocenters. The maximum atomic E-state index is 12.7. The molecule has 1 heteroatoms. The molecule has 2 aromatic rings. The normalized spacial score (nSPS) is 9.80. The summed E-state index contributed by atoms with van der Waals surface area (Å²) in [5, 5.41) is 0. The van der Waals surface area contributed by atoms with Crippen LogP contribution in [0.3, 0.4) is 0 Å². The van der Waals surface area contributed by atoms with Crippen LogP contribution < -0.4 is 0 Å². The molecule has 15 heavy (non-hydrogen) atoms. The maximum Gasteiger partial charge on any atom is 0.173 e. The van der Waals surface area contributed by atoms with E-state index in [4.69, 9.17) is 0 Å². The molecule has 0 nitrogen and oxygen atoms in total. The van der Waals surface area contributed by atoms with Gasteiger partial charge < -0.3 is 0 Å². The van der Waals surface area contributed by atoms with Crippen molar-refractivity contribution in [1.29, 1.82) is 0 Å². The minimum atomic E-state index is -0.371. The van der Waals surface area contributed by atoms with Crippen molar-refractivity contribution in [2.75, 3.05) is 0 Å². The first-order chi connectivity index (χ1) is 7.18. The second kappa shape index (κ2) is 3.74. The number of rotatable bonds is 1. The van der Waals surface area contributed by atoms with Crippen molar-refractivity contribution in [1.82, 2.24) is 0 Å². The summed E-state index contributed by atoms with van der Waals surface area (Å²) in [5.41, 5.74) is 4.41. The summed E-state index contributed by atoms with van der Waals surface area (Å²) in [6, 6.07) is 14.5. The van der Waals surface area contributed by atoms with Gasteiger partial charge in [0.15, 0.2) is 5.82 Å². The highest BCUT2D eigenvalue weighted by Gasteiger charge is 2.02. The van der Waals surface area contributed by atoms with Gasteiger partial charge >= 0.3 is 0 Å². The van der Waals surface area contributed by atoms with Crippen LogP contribution in [-0.2, 0) is 0 Å². The lowest BCUT2D eigenvalue weighted by atomic mass is 9.98. The van der Waals surface area contributed by atoms with E-state index in [1.807, 2.05) is 12.1 Å². The average molecular weight is 198 g/mol. The number of halogens is 1. The standard InChI is InChI=1S/C14H11F/c1-10-4-3-5-14(11(10)2)12-6-8-13(15)9-7-12/h3-6,8H,1-2H3. The van der Waals surface area contributed by atoms with E-state index in [1.165, 1.54) is 17.2 Å². The fraction of sp³-hybridized carbons (Fsp3) is 0.143. The van der Waals surface area contributed by atoms with Crippen LogP contribution in [0.1, 0.15) is 11.1 Å². The van der Waals surface area contributed by atoms with Crippen molar-refractivity contribution in [2.24, 2.45) is 0 Å². The largest absolute Gasteiger partial charge is 0.197 e.